The highest BCUT2D eigenvalue weighted by atomic mass is 35.5. The summed E-state index contributed by atoms with van der Waals surface area (Å²) in [4.78, 5) is 169. The number of β-amino-alcohol motifs (C(OH)–C–C–N with tert-alkyl or cyclic N) is 1. The maximum Gasteiger partial charge on any atom is 0.472 e. The lowest BCUT2D eigenvalue weighted by molar-refractivity contribution is -0.384. The largest absolute Gasteiger partial charge is 0.508 e. The minimum Gasteiger partial charge on any atom is -0.508 e. The van der Waals surface area contributed by atoms with Crippen LogP contribution in [0.15, 0.2) is 168 Å². The zero-order valence-electron chi connectivity index (χ0n) is 76.6. The molecule has 41 nitrogen and oxygen atoms in total. The molecule has 1 aliphatic carbocycles. The number of hydrogen-bond acceptors (Lipinski definition) is 26. The Bertz CT molecular complexity index is 6830. The topological polar surface area (TPSA) is 565 Å². The lowest BCUT2D eigenvalue weighted by Crippen LogP contribution is -2.38. The molecule has 0 saturated carbocycles. The van der Waals surface area contributed by atoms with Crippen LogP contribution in [-0.2, 0) is 74.4 Å². The van der Waals surface area contributed by atoms with Crippen LogP contribution in [-0.4, -0.2) is 226 Å². The predicted molar refractivity (Wildman–Crippen MR) is 520 cm³/mol. The number of phosphoric ester groups is 3. The number of aliphatic hydroxyl groups excluding tert-OH is 1. The third kappa shape index (κ3) is 23.0. The normalized spacial score (nSPS) is 20.0. The first kappa shape index (κ1) is 100.0. The number of nitro benzene ring substituents is 1. The molecule has 0 bridgehead atoms. The molecule has 141 heavy (non-hydrogen) atoms. The number of phosphoric acid groups is 3. The second kappa shape index (κ2) is 42.7. The van der Waals surface area contributed by atoms with E-state index in [1.165, 1.54) is 70.5 Å². The van der Waals surface area contributed by atoms with Gasteiger partial charge in [0.15, 0.2) is 5.78 Å². The maximum absolute atomic E-state index is 14.6. The Balaban J connectivity index is 0.486. The molecule has 7 amide bonds. The van der Waals surface area contributed by atoms with Gasteiger partial charge in [0.25, 0.3) is 29.3 Å². The number of primary amides is 1. The summed E-state index contributed by atoms with van der Waals surface area (Å²) in [7, 11) is -11.4. The molecule has 9 unspecified atom stereocenters. The van der Waals surface area contributed by atoms with Crippen molar-refractivity contribution in [3.05, 3.63) is 229 Å². The SMILES string of the molecule is BC1CC(OP(=O)(O)OC[C@@H]2C[C@H](O)CN2C(=O)CCCN(C)c2ccc(/N=N/c3ccc([N+](=O)[O-])cc3Cl)cc2)C(COP(=O)(O)OCC(CCCCNC(=O)c2cc3c4c(ccc3[nH]2)N(C(=O)c2cc3c5c(ccc3[nH]2)N(C(=O)c2cc3c6c(ccc3[nH]2)N(C(N)=O)CC6)CC5)CC4)COP(=O)(O)OCCCCCCNC(=O)c2ccc(C(=O)O)c(C3c4ccc(O)cc4OC4=CC(=O)C=CC43)c2)O1. The first-order chi connectivity index (χ1) is 67.5. The number of nitrogens with zero attached hydrogens (tertiary/aromatic N) is 8. The number of carbonyl (C=O) groups is 8. The van der Waals surface area contributed by atoms with Crippen molar-refractivity contribution in [1.29, 1.82) is 0 Å². The van der Waals surface area contributed by atoms with Crippen molar-refractivity contribution in [3.8, 4) is 11.5 Å². The Morgan fingerprint density at radius 2 is 1.28 bits per heavy atom. The number of aliphatic hydroxyl groups is 1. The van der Waals surface area contributed by atoms with Gasteiger partial charge in [-0.05, 0) is 202 Å². The number of unbranched alkanes of at least 4 members (excludes halogenated alkanes) is 4. The second-order valence-electron chi connectivity index (χ2n) is 35.8. The number of H-pyrrole nitrogens is 3. The molecule has 2 saturated heterocycles. The third-order valence-corrected chi connectivity index (χ3v) is 29.6. The van der Waals surface area contributed by atoms with Crippen LogP contribution >= 0.6 is 35.1 Å². The van der Waals surface area contributed by atoms with Gasteiger partial charge in [-0.1, -0.05) is 43.0 Å². The molecule has 10 aromatic rings. The van der Waals surface area contributed by atoms with Crippen molar-refractivity contribution < 1.29 is 124 Å². The number of ketones is 1. The average molecular weight is 2010 g/mol. The van der Waals surface area contributed by atoms with E-state index in [0.717, 1.165) is 60.9 Å². The molecule has 3 aromatic heterocycles. The number of carboxylic acids is 1. The van der Waals surface area contributed by atoms with Crippen LogP contribution in [0.2, 0.25) is 5.02 Å². The monoisotopic (exact) mass is 2010 g/mol. The van der Waals surface area contributed by atoms with Crippen LogP contribution in [0.1, 0.15) is 157 Å². The van der Waals surface area contributed by atoms with E-state index in [0.29, 0.717) is 118 Å². The van der Waals surface area contributed by atoms with Crippen molar-refractivity contribution >= 4 is 163 Å². The number of non-ortho nitro benzene ring substituents is 1. The number of nitrogens with two attached hydrogens (primary N) is 1. The lowest BCUT2D eigenvalue weighted by atomic mass is 9.74. The minimum absolute atomic E-state index is 0.000773. The van der Waals surface area contributed by atoms with E-state index in [4.69, 9.17) is 54.0 Å². The summed E-state index contributed by atoms with van der Waals surface area (Å²) in [6, 6.07) is 33.9. The van der Waals surface area contributed by atoms with Gasteiger partial charge in [0.1, 0.15) is 54.0 Å². The summed E-state index contributed by atoms with van der Waals surface area (Å²) >= 11 is 6.16. The number of allylic oxidation sites excluding steroid dienone is 3. The number of aromatic amines is 3. The number of aromatic hydroxyl groups is 1. The molecular formula is C95H103BClN14O27P3. The van der Waals surface area contributed by atoms with Crippen molar-refractivity contribution in [2.45, 2.75) is 126 Å². The van der Waals surface area contributed by atoms with Crippen LogP contribution in [0, 0.1) is 22.0 Å². The fraction of sp³-hybridized carbons (Fsp3) is 0.368. The number of benzene rings is 7. The van der Waals surface area contributed by atoms with Gasteiger partial charge >= 0.3 is 35.5 Å². The number of halogens is 1. The summed E-state index contributed by atoms with van der Waals surface area (Å²) in [5.41, 5.74) is 15.9. The quantitative estimate of drug-likeness (QED) is 0.00423. The van der Waals surface area contributed by atoms with Gasteiger partial charge < -0.3 is 90.4 Å². The molecule has 740 valence electrons. The molecule has 46 heteroatoms. The van der Waals surface area contributed by atoms with Gasteiger partial charge in [-0.3, -0.25) is 70.9 Å². The van der Waals surface area contributed by atoms with E-state index in [1.807, 2.05) is 54.4 Å². The van der Waals surface area contributed by atoms with Gasteiger partial charge in [-0.2, -0.15) is 5.11 Å². The Kier molecular flexibility index (Phi) is 30.3. The van der Waals surface area contributed by atoms with Gasteiger partial charge in [-0.25, -0.2) is 23.3 Å². The molecule has 9 heterocycles. The molecular weight excluding hydrogens is 1910 g/mol. The average Bonchev–Trinajstić information content (AvgIpc) is 1.73. The molecule has 6 aliphatic heterocycles. The fourth-order valence-corrected chi connectivity index (χ4v) is 22.1. The molecule has 7 aliphatic rings. The highest BCUT2D eigenvalue weighted by molar-refractivity contribution is 7.48. The van der Waals surface area contributed by atoms with E-state index in [-0.39, 0.29) is 138 Å². The van der Waals surface area contributed by atoms with Crippen LogP contribution < -0.4 is 40.7 Å². The first-order valence-corrected chi connectivity index (χ1v) is 51.1. The molecule has 17 rings (SSSR count). The van der Waals surface area contributed by atoms with Gasteiger partial charge in [0.2, 0.25) is 5.91 Å². The highest BCUT2D eigenvalue weighted by Crippen LogP contribution is 2.53. The van der Waals surface area contributed by atoms with Gasteiger partial charge in [0.05, 0.1) is 72.5 Å². The van der Waals surface area contributed by atoms with Gasteiger partial charge in [0, 0.05) is 174 Å². The number of aromatic carboxylic acids is 1. The number of ether oxygens (including phenoxy) is 2. The number of phenolic OH excluding ortho intramolecular Hbond substituents is 1. The van der Waals surface area contributed by atoms with Crippen molar-refractivity contribution in [2.24, 2.45) is 27.8 Å². The van der Waals surface area contributed by atoms with E-state index in [2.05, 4.69) is 35.8 Å². The zero-order chi connectivity index (χ0) is 99.5. The van der Waals surface area contributed by atoms with Crippen molar-refractivity contribution in [1.82, 2.24) is 30.5 Å². The number of hydrogen-bond donors (Lipinski definition) is 12. The summed E-state index contributed by atoms with van der Waals surface area (Å²) < 4.78 is 85.8. The van der Waals surface area contributed by atoms with Crippen LogP contribution in [0.25, 0.3) is 32.7 Å². The smallest absolute Gasteiger partial charge is 0.472 e. The van der Waals surface area contributed by atoms with Crippen molar-refractivity contribution in [2.75, 3.05) is 105 Å². The number of nitro groups is 1. The number of amides is 7. The van der Waals surface area contributed by atoms with E-state index in [1.54, 1.807) is 66.2 Å². The van der Waals surface area contributed by atoms with Crippen LogP contribution in [0.5, 0.6) is 11.5 Å². The predicted octanol–water partition coefficient (Wildman–Crippen LogP) is 13.4. The molecule has 2 fully saturated rings. The fourth-order valence-electron chi connectivity index (χ4n) is 19.3. The number of fused-ring (bicyclic) bond motifs is 11. The Morgan fingerprint density at radius 3 is 1.91 bits per heavy atom. The first-order valence-electron chi connectivity index (χ1n) is 46.3. The number of carboxylic acid groups (broad SMARTS) is 1. The Morgan fingerprint density at radius 1 is 0.674 bits per heavy atom. The Labute approximate surface area is 812 Å². The highest BCUT2D eigenvalue weighted by Gasteiger charge is 2.45. The van der Waals surface area contributed by atoms with Crippen LogP contribution in [0.4, 0.5) is 44.6 Å². The number of phenols is 1. The van der Waals surface area contributed by atoms with Crippen LogP contribution in [0.3, 0.4) is 0 Å². The summed E-state index contributed by atoms with van der Waals surface area (Å²) in [5, 5.41) is 59.0. The number of nitrogens with one attached hydrogen (secondary N) is 5. The minimum atomic E-state index is -5.07. The number of carbonyl (C=O) groups excluding carboxylic acids is 7. The van der Waals surface area contributed by atoms with Gasteiger partial charge in [-0.15, -0.1) is 5.11 Å². The standard InChI is InChI=1S/C95H103BClN14O27P3/c1-106(56-14-12-55(13-15-56)104-105-76-22-16-57(111(123)124)41-72(76)97)34-8-10-88(115)110-48-61(114)40-58(110)51-134-141(129,130)138-85-47-87(96)137-86(85)52-135-140(127,128)133-50-53(49-132-139(125,126)131-38-7-3-2-5-32-99-90(116)54-11-19-65(94(120)121)71(39-54)89-66-20-17-59(112)42-83(66)136-84-43-60(113)18-21-67(84)89)9-4-6-33-100-91(117)77-44-68-62-29-35-107(80(62)26-23-73(68)101-77)92(118)78-45-69-63-30-36-108(81(63)27-24-74(69)102-78)93(119)79-46-70-64-31-37-109(95(98)122)82(64)28-25-75(70)103-79/h11-28,39,41-46,53,58,61,66,85-87,89,101-103,113-114H,2-10,29-38,40,47-52,96H2,1H3,(H2,98,122)(H,99,116)(H,100,117)(H,120,121)(H,125,126)(H,127,128)(H,129,130)/b105-104+/t53?,58-,61-,66?,85?,86?,87?,89?/m0/s1. The summed E-state index contributed by atoms with van der Waals surface area (Å²) in [6.45, 7) is -0.686. The third-order valence-electron chi connectivity index (χ3n) is 26.3. The van der Waals surface area contributed by atoms with Crippen molar-refractivity contribution in [3.63, 3.8) is 0 Å². The number of aromatic nitrogens is 3. The molecule has 11 atom stereocenters. The zero-order valence-corrected chi connectivity index (χ0v) is 80.0. The number of azo groups is 1. The second-order valence-corrected chi connectivity index (χ2v) is 40.5. The lowest BCUT2D eigenvalue weighted by Gasteiger charge is -2.35. The Hall–Kier alpha value is -12.6. The molecule has 0 spiro atoms. The van der Waals surface area contributed by atoms with E-state index in [9.17, 15) is 92.2 Å². The number of likely N-dealkylation sites (tertiary alicyclic amines) is 1. The van der Waals surface area contributed by atoms with E-state index >= 15 is 0 Å². The summed E-state index contributed by atoms with van der Waals surface area (Å²) in [5.74, 6) is -5.20. The molecule has 13 N–H and O–H groups in total. The number of anilines is 4. The summed E-state index contributed by atoms with van der Waals surface area (Å²) in [6.07, 6.45) is 5.41. The number of urea groups is 1. The molecule has 7 aromatic carbocycles. The molecule has 0 radical (unpaired) electrons. The maximum atomic E-state index is 14.6. The number of rotatable bonds is 41. The van der Waals surface area contributed by atoms with E-state index < -0.39 is 127 Å².